The summed E-state index contributed by atoms with van der Waals surface area (Å²) in [7, 11) is 0. The molecule has 0 aromatic carbocycles. The van der Waals surface area contributed by atoms with Crippen molar-refractivity contribution in [1.29, 1.82) is 0 Å². The third-order valence-electron chi connectivity index (χ3n) is 9.43. The van der Waals surface area contributed by atoms with E-state index in [1.54, 1.807) is 0 Å². The number of carbonyl (C=O) groups is 3. The van der Waals surface area contributed by atoms with Crippen molar-refractivity contribution in [1.82, 2.24) is 0 Å². The zero-order valence-corrected chi connectivity index (χ0v) is 33.9. The Morgan fingerprint density at radius 2 is 0.667 bits per heavy atom. The SMILES string of the molecule is CCCC/C=C/CCCCCCCC(=O)OC(COC(=O)CCCCCCC/C=C/CCCCCC)COC(=O)CCCCCCCCCCC. The van der Waals surface area contributed by atoms with Crippen molar-refractivity contribution in [3.05, 3.63) is 24.3 Å². The molecule has 0 amide bonds. The first-order valence-corrected chi connectivity index (χ1v) is 21.8. The van der Waals surface area contributed by atoms with Crippen molar-refractivity contribution in [2.45, 2.75) is 232 Å². The van der Waals surface area contributed by atoms with Gasteiger partial charge in [0, 0.05) is 19.3 Å². The lowest BCUT2D eigenvalue weighted by Crippen LogP contribution is -2.30. The van der Waals surface area contributed by atoms with Gasteiger partial charge in [0.05, 0.1) is 0 Å². The quantitative estimate of drug-likeness (QED) is 0.0272. The molecule has 0 aromatic heterocycles. The van der Waals surface area contributed by atoms with Crippen molar-refractivity contribution < 1.29 is 28.6 Å². The zero-order valence-electron chi connectivity index (χ0n) is 33.9. The van der Waals surface area contributed by atoms with Gasteiger partial charge in [0.15, 0.2) is 6.10 Å². The van der Waals surface area contributed by atoms with Gasteiger partial charge in [-0.05, 0) is 64.2 Å². The van der Waals surface area contributed by atoms with E-state index < -0.39 is 6.10 Å². The molecule has 0 aliphatic heterocycles. The predicted molar refractivity (Wildman–Crippen MR) is 215 cm³/mol. The first-order valence-electron chi connectivity index (χ1n) is 21.8. The number of unbranched alkanes of at least 4 members (excludes halogenated alkanes) is 24. The summed E-state index contributed by atoms with van der Waals surface area (Å²) in [5.41, 5.74) is 0. The lowest BCUT2D eigenvalue weighted by Gasteiger charge is -2.18. The molecule has 0 bridgehead atoms. The van der Waals surface area contributed by atoms with Gasteiger partial charge in [-0.1, -0.05) is 167 Å². The van der Waals surface area contributed by atoms with Crippen LogP contribution >= 0.6 is 0 Å². The Morgan fingerprint density at radius 3 is 1.06 bits per heavy atom. The topological polar surface area (TPSA) is 78.9 Å². The number of hydrogen-bond donors (Lipinski definition) is 0. The normalized spacial score (nSPS) is 12.1. The molecule has 6 nitrogen and oxygen atoms in total. The molecule has 1 unspecified atom stereocenters. The number of ether oxygens (including phenoxy) is 3. The molecule has 0 heterocycles. The fraction of sp³-hybridized carbons (Fsp3) is 0.844. The number of esters is 3. The highest BCUT2D eigenvalue weighted by atomic mass is 16.6. The summed E-state index contributed by atoms with van der Waals surface area (Å²) < 4.78 is 16.6. The van der Waals surface area contributed by atoms with E-state index in [4.69, 9.17) is 14.2 Å². The molecule has 0 aliphatic rings. The lowest BCUT2D eigenvalue weighted by molar-refractivity contribution is -0.167. The maximum absolute atomic E-state index is 12.7. The lowest BCUT2D eigenvalue weighted by atomic mass is 10.1. The molecule has 0 radical (unpaired) electrons. The third-order valence-corrected chi connectivity index (χ3v) is 9.43. The average Bonchev–Trinajstić information content (AvgIpc) is 3.12. The largest absolute Gasteiger partial charge is 0.462 e. The van der Waals surface area contributed by atoms with Crippen LogP contribution in [-0.4, -0.2) is 37.2 Å². The standard InChI is InChI=1S/C45H82O6/c1-4-7-10-13-16-19-21-22-24-26-29-32-35-38-44(47)50-41-42(40-49-43(46)37-34-31-28-25-18-15-12-9-6-3)51-45(48)39-36-33-30-27-23-20-17-14-11-8-5-2/h14,17,19,21,42H,4-13,15-16,18,20,22-41H2,1-3H3/b17-14+,21-19+. The van der Waals surface area contributed by atoms with E-state index in [2.05, 4.69) is 45.1 Å². The first kappa shape index (κ1) is 48.9. The fourth-order valence-corrected chi connectivity index (χ4v) is 6.06. The van der Waals surface area contributed by atoms with Crippen molar-refractivity contribution in [3.8, 4) is 0 Å². The van der Waals surface area contributed by atoms with Crippen LogP contribution in [0.15, 0.2) is 24.3 Å². The van der Waals surface area contributed by atoms with E-state index in [0.29, 0.717) is 19.3 Å². The van der Waals surface area contributed by atoms with Crippen molar-refractivity contribution in [3.63, 3.8) is 0 Å². The van der Waals surface area contributed by atoms with E-state index in [-0.39, 0.29) is 31.1 Å². The van der Waals surface area contributed by atoms with Gasteiger partial charge in [-0.15, -0.1) is 0 Å². The predicted octanol–water partition coefficient (Wildman–Crippen LogP) is 13.6. The zero-order chi connectivity index (χ0) is 37.3. The Kier molecular flexibility index (Phi) is 39.0. The molecule has 51 heavy (non-hydrogen) atoms. The van der Waals surface area contributed by atoms with Gasteiger partial charge in [-0.2, -0.15) is 0 Å². The summed E-state index contributed by atoms with van der Waals surface area (Å²) in [4.78, 5) is 37.6. The highest BCUT2D eigenvalue weighted by Gasteiger charge is 2.19. The second-order valence-corrected chi connectivity index (χ2v) is 14.6. The maximum atomic E-state index is 12.7. The average molecular weight is 719 g/mol. The molecule has 298 valence electrons. The van der Waals surface area contributed by atoms with Gasteiger partial charge < -0.3 is 14.2 Å². The Morgan fingerprint density at radius 1 is 0.373 bits per heavy atom. The summed E-state index contributed by atoms with van der Waals surface area (Å²) >= 11 is 0. The summed E-state index contributed by atoms with van der Waals surface area (Å²) in [6.45, 7) is 6.54. The van der Waals surface area contributed by atoms with Crippen LogP contribution in [0.1, 0.15) is 226 Å². The van der Waals surface area contributed by atoms with Crippen LogP contribution in [0.3, 0.4) is 0 Å². The molecule has 0 aliphatic carbocycles. The third kappa shape index (κ3) is 38.9. The van der Waals surface area contributed by atoms with Crippen molar-refractivity contribution >= 4 is 17.9 Å². The number of hydrogen-bond acceptors (Lipinski definition) is 6. The summed E-state index contributed by atoms with van der Waals surface area (Å²) in [5.74, 6) is -0.896. The minimum absolute atomic E-state index is 0.0752. The van der Waals surface area contributed by atoms with Gasteiger partial charge in [0.25, 0.3) is 0 Å². The van der Waals surface area contributed by atoms with Gasteiger partial charge in [-0.25, -0.2) is 0 Å². The highest BCUT2D eigenvalue weighted by molar-refractivity contribution is 5.71. The van der Waals surface area contributed by atoms with Crippen LogP contribution in [0.2, 0.25) is 0 Å². The maximum Gasteiger partial charge on any atom is 0.306 e. The number of rotatable bonds is 39. The molecule has 0 rings (SSSR count). The van der Waals surface area contributed by atoms with Gasteiger partial charge in [0.1, 0.15) is 13.2 Å². The van der Waals surface area contributed by atoms with Crippen LogP contribution < -0.4 is 0 Å². The van der Waals surface area contributed by atoms with Crippen LogP contribution in [0.5, 0.6) is 0 Å². The number of carbonyl (C=O) groups excluding carboxylic acids is 3. The minimum Gasteiger partial charge on any atom is -0.462 e. The molecule has 0 fully saturated rings. The van der Waals surface area contributed by atoms with Crippen molar-refractivity contribution in [2.24, 2.45) is 0 Å². The summed E-state index contributed by atoms with van der Waals surface area (Å²) in [6.07, 6.45) is 43.0. The first-order chi connectivity index (χ1) is 25.0. The van der Waals surface area contributed by atoms with Gasteiger partial charge >= 0.3 is 17.9 Å². The smallest absolute Gasteiger partial charge is 0.306 e. The van der Waals surface area contributed by atoms with Crippen LogP contribution in [0.25, 0.3) is 0 Å². The molecule has 0 aromatic rings. The van der Waals surface area contributed by atoms with E-state index >= 15 is 0 Å². The Hall–Kier alpha value is -2.11. The van der Waals surface area contributed by atoms with Crippen LogP contribution in [0.4, 0.5) is 0 Å². The second-order valence-electron chi connectivity index (χ2n) is 14.6. The molecule has 0 N–H and O–H groups in total. The number of allylic oxidation sites excluding steroid dienone is 4. The summed E-state index contributed by atoms with van der Waals surface area (Å²) in [6, 6.07) is 0. The van der Waals surface area contributed by atoms with E-state index in [1.165, 1.54) is 109 Å². The van der Waals surface area contributed by atoms with E-state index in [1.807, 2.05) is 0 Å². The Bertz CT molecular complexity index is 835. The van der Waals surface area contributed by atoms with E-state index in [9.17, 15) is 14.4 Å². The molecular formula is C45H82O6. The van der Waals surface area contributed by atoms with E-state index in [0.717, 1.165) is 77.0 Å². The minimum atomic E-state index is -0.771. The molecular weight excluding hydrogens is 636 g/mol. The molecule has 0 spiro atoms. The Labute approximate surface area is 315 Å². The van der Waals surface area contributed by atoms with Crippen LogP contribution in [-0.2, 0) is 28.6 Å². The molecule has 0 saturated carbocycles. The second kappa shape index (κ2) is 40.7. The van der Waals surface area contributed by atoms with Gasteiger partial charge in [-0.3, -0.25) is 14.4 Å². The van der Waals surface area contributed by atoms with Crippen molar-refractivity contribution in [2.75, 3.05) is 13.2 Å². The monoisotopic (exact) mass is 719 g/mol. The summed E-state index contributed by atoms with van der Waals surface area (Å²) in [5, 5.41) is 0. The van der Waals surface area contributed by atoms with Crippen LogP contribution in [0, 0.1) is 0 Å². The fourth-order valence-electron chi connectivity index (χ4n) is 6.06. The van der Waals surface area contributed by atoms with Gasteiger partial charge in [0.2, 0.25) is 0 Å². The molecule has 0 saturated heterocycles. The Balaban J connectivity index is 4.37. The molecule has 6 heteroatoms. The highest BCUT2D eigenvalue weighted by Crippen LogP contribution is 2.14. The molecule has 1 atom stereocenters.